The summed E-state index contributed by atoms with van der Waals surface area (Å²) in [5, 5.41) is 7.12. The number of aromatic nitrogens is 2. The van der Waals surface area contributed by atoms with Crippen molar-refractivity contribution in [2.75, 3.05) is 27.4 Å². The summed E-state index contributed by atoms with van der Waals surface area (Å²) in [4.78, 5) is 12.5. The maximum Gasteiger partial charge on any atom is 0.270 e. The molecule has 7 nitrogen and oxygen atoms in total. The number of ether oxygens (including phenoxy) is 3. The van der Waals surface area contributed by atoms with Crippen LogP contribution in [0, 0.1) is 17.7 Å². The molecule has 160 valence electrons. The van der Waals surface area contributed by atoms with E-state index in [1.165, 1.54) is 16.8 Å². The van der Waals surface area contributed by atoms with Crippen LogP contribution in [0.4, 0.5) is 4.39 Å². The molecule has 3 rings (SSSR count). The van der Waals surface area contributed by atoms with Crippen LogP contribution in [0.25, 0.3) is 11.3 Å². The summed E-state index contributed by atoms with van der Waals surface area (Å²) in [6.45, 7) is 0.130. The van der Waals surface area contributed by atoms with Crippen molar-refractivity contribution in [3.63, 3.8) is 0 Å². The summed E-state index contributed by atoms with van der Waals surface area (Å²) in [5.41, 5.74) is 1.65. The number of rotatable bonds is 7. The summed E-state index contributed by atoms with van der Waals surface area (Å²) >= 11 is 0. The van der Waals surface area contributed by atoms with Crippen molar-refractivity contribution in [1.82, 2.24) is 15.1 Å². The van der Waals surface area contributed by atoms with Crippen LogP contribution in [0.2, 0.25) is 0 Å². The average Bonchev–Trinajstić information content (AvgIpc) is 3.18. The number of aryl methyl sites for hydroxylation is 1. The van der Waals surface area contributed by atoms with Gasteiger partial charge in [-0.15, -0.1) is 0 Å². The molecule has 2 aromatic carbocycles. The Labute approximate surface area is 179 Å². The minimum atomic E-state index is -0.447. The monoisotopic (exact) mass is 423 g/mol. The Kier molecular flexibility index (Phi) is 7.12. The maximum absolute atomic E-state index is 13.5. The van der Waals surface area contributed by atoms with Gasteiger partial charge in [0.15, 0.2) is 11.6 Å². The molecule has 1 heterocycles. The Morgan fingerprint density at radius 3 is 2.65 bits per heavy atom. The normalized spacial score (nSPS) is 10.1. The molecule has 0 unspecified atom stereocenters. The fourth-order valence-electron chi connectivity index (χ4n) is 2.83. The second kappa shape index (κ2) is 10.2. The lowest BCUT2D eigenvalue weighted by Crippen LogP contribution is -2.25. The number of para-hydroxylation sites is 1. The van der Waals surface area contributed by atoms with Crippen molar-refractivity contribution in [3.05, 3.63) is 60.0 Å². The van der Waals surface area contributed by atoms with Gasteiger partial charge < -0.3 is 19.5 Å². The van der Waals surface area contributed by atoms with Gasteiger partial charge in [0.1, 0.15) is 23.8 Å². The van der Waals surface area contributed by atoms with E-state index in [0.29, 0.717) is 28.5 Å². The average molecular weight is 423 g/mol. The maximum atomic E-state index is 13.5. The lowest BCUT2D eigenvalue weighted by molar-refractivity contribution is 0.0949. The Hall–Kier alpha value is -3.99. The Balaban J connectivity index is 1.61. The van der Waals surface area contributed by atoms with Gasteiger partial charge in [0, 0.05) is 12.6 Å². The van der Waals surface area contributed by atoms with Crippen molar-refractivity contribution in [2.24, 2.45) is 7.05 Å². The first-order valence-corrected chi connectivity index (χ1v) is 9.41. The number of nitrogens with zero attached hydrogens (tertiary/aromatic N) is 2. The highest BCUT2D eigenvalue weighted by Gasteiger charge is 2.17. The Morgan fingerprint density at radius 2 is 1.90 bits per heavy atom. The lowest BCUT2D eigenvalue weighted by atomic mass is 10.1. The minimum absolute atomic E-state index is 0.0162. The van der Waals surface area contributed by atoms with E-state index in [4.69, 9.17) is 14.2 Å². The van der Waals surface area contributed by atoms with Gasteiger partial charge in [-0.1, -0.05) is 24.0 Å². The molecule has 0 atom stereocenters. The van der Waals surface area contributed by atoms with E-state index in [0.717, 1.165) is 0 Å². The molecule has 0 spiro atoms. The fourth-order valence-corrected chi connectivity index (χ4v) is 2.83. The van der Waals surface area contributed by atoms with E-state index < -0.39 is 5.82 Å². The number of nitrogens with one attached hydrogen (secondary N) is 1. The molecule has 0 aliphatic heterocycles. The van der Waals surface area contributed by atoms with Crippen molar-refractivity contribution in [3.8, 4) is 40.3 Å². The van der Waals surface area contributed by atoms with Crippen molar-refractivity contribution in [1.29, 1.82) is 0 Å². The van der Waals surface area contributed by atoms with Gasteiger partial charge in [-0.05, 0) is 36.4 Å². The lowest BCUT2D eigenvalue weighted by Gasteiger charge is -2.08. The van der Waals surface area contributed by atoms with Crippen LogP contribution in [0.1, 0.15) is 10.5 Å². The number of hydrogen-bond acceptors (Lipinski definition) is 5. The zero-order valence-electron chi connectivity index (χ0n) is 17.4. The number of carbonyl (C=O) groups excluding carboxylic acids is 1. The van der Waals surface area contributed by atoms with Crippen molar-refractivity contribution in [2.45, 2.75) is 0 Å². The van der Waals surface area contributed by atoms with E-state index in [1.54, 1.807) is 57.7 Å². The molecule has 1 aromatic heterocycles. The van der Waals surface area contributed by atoms with Gasteiger partial charge in [-0.2, -0.15) is 5.10 Å². The quantitative estimate of drug-likeness (QED) is 0.592. The summed E-state index contributed by atoms with van der Waals surface area (Å²) < 4.78 is 30.8. The van der Waals surface area contributed by atoms with Crippen LogP contribution in [-0.2, 0) is 7.05 Å². The Bertz CT molecular complexity index is 1130. The van der Waals surface area contributed by atoms with E-state index in [9.17, 15) is 9.18 Å². The molecule has 0 bridgehead atoms. The van der Waals surface area contributed by atoms with Crippen LogP contribution in [0.3, 0.4) is 0 Å². The van der Waals surface area contributed by atoms with Crippen LogP contribution in [-0.4, -0.2) is 43.1 Å². The molecule has 0 fully saturated rings. The van der Waals surface area contributed by atoms with Crippen LogP contribution >= 0.6 is 0 Å². The number of benzene rings is 2. The number of methoxy groups -OCH3 is 2. The second-order valence-electron chi connectivity index (χ2n) is 6.36. The van der Waals surface area contributed by atoms with Gasteiger partial charge >= 0.3 is 0 Å². The first kappa shape index (κ1) is 21.7. The van der Waals surface area contributed by atoms with Gasteiger partial charge in [0.25, 0.3) is 5.91 Å². The molecular formula is C23H22FN3O4. The number of halogens is 1. The van der Waals surface area contributed by atoms with E-state index in [-0.39, 0.29) is 24.8 Å². The molecule has 0 saturated heterocycles. The van der Waals surface area contributed by atoms with Crippen LogP contribution < -0.4 is 19.5 Å². The highest BCUT2D eigenvalue weighted by Crippen LogP contribution is 2.32. The van der Waals surface area contributed by atoms with Gasteiger partial charge in [-0.25, -0.2) is 4.39 Å². The number of carbonyl (C=O) groups is 1. The second-order valence-corrected chi connectivity index (χ2v) is 6.36. The third-order valence-electron chi connectivity index (χ3n) is 4.39. The standard InChI is InChI=1S/C23H22FN3O4/c1-27-20(15-19(26-27)17-14-16(29-2)10-11-21(17)30-3)23(28)25-12-6-7-13-31-22-9-5-4-8-18(22)24/h4-5,8-11,14-15H,12-13H2,1-3H3,(H,25,28). The predicted molar refractivity (Wildman–Crippen MR) is 114 cm³/mol. The van der Waals surface area contributed by atoms with Crippen LogP contribution in [0.5, 0.6) is 17.2 Å². The highest BCUT2D eigenvalue weighted by molar-refractivity contribution is 5.94. The molecule has 0 saturated carbocycles. The van der Waals surface area contributed by atoms with Gasteiger partial charge in [0.05, 0.1) is 26.5 Å². The SMILES string of the molecule is COc1ccc(OC)c(-c2cc(C(=O)NCC#CCOc3ccccc3F)n(C)n2)c1. The summed E-state index contributed by atoms with van der Waals surface area (Å²) in [5.74, 6) is 6.14. The topological polar surface area (TPSA) is 74.6 Å². The zero-order chi connectivity index (χ0) is 22.2. The van der Waals surface area contributed by atoms with E-state index in [2.05, 4.69) is 22.3 Å². The smallest absolute Gasteiger partial charge is 0.270 e. The van der Waals surface area contributed by atoms with E-state index >= 15 is 0 Å². The number of hydrogen-bond donors (Lipinski definition) is 1. The summed E-state index contributed by atoms with van der Waals surface area (Å²) in [7, 11) is 4.82. The fraction of sp³-hybridized carbons (Fsp3) is 0.217. The third kappa shape index (κ3) is 5.34. The zero-order valence-corrected chi connectivity index (χ0v) is 17.4. The van der Waals surface area contributed by atoms with Crippen molar-refractivity contribution < 1.29 is 23.4 Å². The molecule has 0 aliphatic rings. The predicted octanol–water partition coefficient (Wildman–Crippen LogP) is 3.06. The van der Waals surface area contributed by atoms with Gasteiger partial charge in [-0.3, -0.25) is 9.48 Å². The van der Waals surface area contributed by atoms with Gasteiger partial charge in [0.2, 0.25) is 0 Å². The third-order valence-corrected chi connectivity index (χ3v) is 4.39. The molecule has 31 heavy (non-hydrogen) atoms. The summed E-state index contributed by atoms with van der Waals surface area (Å²) in [6, 6.07) is 13.1. The minimum Gasteiger partial charge on any atom is -0.497 e. The first-order valence-electron chi connectivity index (χ1n) is 9.41. The molecular weight excluding hydrogens is 401 g/mol. The number of amides is 1. The largest absolute Gasteiger partial charge is 0.497 e. The Morgan fingerprint density at radius 1 is 1.10 bits per heavy atom. The summed E-state index contributed by atoms with van der Waals surface area (Å²) in [6.07, 6.45) is 0. The van der Waals surface area contributed by atoms with Crippen molar-refractivity contribution >= 4 is 5.91 Å². The van der Waals surface area contributed by atoms with Crippen LogP contribution in [0.15, 0.2) is 48.5 Å². The first-order chi connectivity index (χ1) is 15.0. The molecule has 3 aromatic rings. The molecule has 8 heteroatoms. The van der Waals surface area contributed by atoms with E-state index in [1.807, 2.05) is 0 Å². The molecule has 0 radical (unpaired) electrons. The molecule has 0 aliphatic carbocycles. The molecule has 1 amide bonds. The molecule has 1 N–H and O–H groups in total. The highest BCUT2D eigenvalue weighted by atomic mass is 19.1.